The molecule has 2 rings (SSSR count). The molecular formula is C17H25NOS. The van der Waals surface area contributed by atoms with Crippen molar-refractivity contribution < 1.29 is 4.42 Å². The maximum Gasteiger partial charge on any atom is 0.134 e. The number of hydrogen-bond acceptors (Lipinski definition) is 3. The molecule has 0 saturated heterocycles. The first-order valence-corrected chi connectivity index (χ1v) is 8.72. The lowest BCUT2D eigenvalue weighted by atomic mass is 10.0. The second-order valence-electron chi connectivity index (χ2n) is 5.31. The summed E-state index contributed by atoms with van der Waals surface area (Å²) in [4.78, 5) is 0. The van der Waals surface area contributed by atoms with Gasteiger partial charge in [-0.2, -0.15) is 11.8 Å². The van der Waals surface area contributed by atoms with Crippen molar-refractivity contribution >= 4 is 22.7 Å². The van der Waals surface area contributed by atoms with Crippen LogP contribution in [0, 0.1) is 0 Å². The Hall–Kier alpha value is -0.930. The first-order valence-electron chi connectivity index (χ1n) is 7.43. The number of aryl methyl sites for hydroxylation is 1. The molecule has 0 aliphatic rings. The van der Waals surface area contributed by atoms with Gasteiger partial charge < -0.3 is 9.73 Å². The van der Waals surface area contributed by atoms with Crippen molar-refractivity contribution in [3.8, 4) is 0 Å². The van der Waals surface area contributed by atoms with Crippen LogP contribution in [0.4, 0.5) is 0 Å². The first kappa shape index (κ1) is 15.5. The van der Waals surface area contributed by atoms with Crippen LogP contribution in [-0.4, -0.2) is 18.1 Å². The standard InChI is InChI=1S/C17H25NOS/c1-5-14-15-8-6-7-9-16(15)19-17(14)13(3)18-11-10-12(2)20-4/h6-9,12-13,18H,5,10-11H2,1-4H3. The van der Waals surface area contributed by atoms with E-state index in [0.29, 0.717) is 5.25 Å². The van der Waals surface area contributed by atoms with Gasteiger partial charge in [0.2, 0.25) is 0 Å². The van der Waals surface area contributed by atoms with E-state index in [-0.39, 0.29) is 6.04 Å². The number of fused-ring (bicyclic) bond motifs is 1. The Morgan fingerprint density at radius 1 is 1.25 bits per heavy atom. The van der Waals surface area contributed by atoms with Crippen LogP contribution in [0.1, 0.15) is 44.6 Å². The van der Waals surface area contributed by atoms with Gasteiger partial charge in [0.15, 0.2) is 0 Å². The highest BCUT2D eigenvalue weighted by Crippen LogP contribution is 2.30. The van der Waals surface area contributed by atoms with Crippen LogP contribution >= 0.6 is 11.8 Å². The number of thioether (sulfide) groups is 1. The molecule has 2 nitrogen and oxygen atoms in total. The third kappa shape index (κ3) is 3.39. The van der Waals surface area contributed by atoms with Crippen molar-refractivity contribution in [3.63, 3.8) is 0 Å². The van der Waals surface area contributed by atoms with E-state index in [0.717, 1.165) is 24.3 Å². The molecular weight excluding hydrogens is 266 g/mol. The molecule has 0 amide bonds. The maximum absolute atomic E-state index is 6.07. The maximum atomic E-state index is 6.07. The molecule has 0 spiro atoms. The molecule has 0 aliphatic heterocycles. The largest absolute Gasteiger partial charge is 0.459 e. The SMILES string of the molecule is CCc1c(C(C)NCCC(C)SC)oc2ccccc12. The van der Waals surface area contributed by atoms with E-state index in [9.17, 15) is 0 Å². The lowest BCUT2D eigenvalue weighted by molar-refractivity contribution is 0.444. The van der Waals surface area contributed by atoms with Crippen LogP contribution < -0.4 is 5.32 Å². The summed E-state index contributed by atoms with van der Waals surface area (Å²) >= 11 is 1.92. The fourth-order valence-corrected chi connectivity index (χ4v) is 2.90. The molecule has 0 aliphatic carbocycles. The summed E-state index contributed by atoms with van der Waals surface area (Å²) in [5.74, 6) is 1.10. The third-order valence-electron chi connectivity index (χ3n) is 3.88. The molecule has 1 N–H and O–H groups in total. The summed E-state index contributed by atoms with van der Waals surface area (Å²) in [6, 6.07) is 8.60. The van der Waals surface area contributed by atoms with Crippen LogP contribution in [0.15, 0.2) is 28.7 Å². The molecule has 0 fully saturated rings. The number of nitrogens with one attached hydrogen (secondary N) is 1. The molecule has 1 aromatic heterocycles. The van der Waals surface area contributed by atoms with Crippen molar-refractivity contribution in [1.82, 2.24) is 5.32 Å². The number of benzene rings is 1. The molecule has 0 saturated carbocycles. The molecule has 0 bridgehead atoms. The Morgan fingerprint density at radius 3 is 2.70 bits per heavy atom. The number of hydrogen-bond donors (Lipinski definition) is 1. The van der Waals surface area contributed by atoms with Crippen LogP contribution in [-0.2, 0) is 6.42 Å². The fraction of sp³-hybridized carbons (Fsp3) is 0.529. The van der Waals surface area contributed by atoms with Gasteiger partial charge in [-0.15, -0.1) is 0 Å². The Balaban J connectivity index is 2.11. The number of furan rings is 1. The van der Waals surface area contributed by atoms with Crippen molar-refractivity contribution in [3.05, 3.63) is 35.6 Å². The predicted molar refractivity (Wildman–Crippen MR) is 89.6 cm³/mol. The third-order valence-corrected chi connectivity index (χ3v) is 4.92. The lowest BCUT2D eigenvalue weighted by Crippen LogP contribution is -2.22. The molecule has 1 heterocycles. The highest BCUT2D eigenvalue weighted by molar-refractivity contribution is 7.99. The highest BCUT2D eigenvalue weighted by Gasteiger charge is 2.17. The van der Waals surface area contributed by atoms with Gasteiger partial charge in [0.25, 0.3) is 0 Å². The van der Waals surface area contributed by atoms with E-state index in [1.165, 1.54) is 17.4 Å². The minimum Gasteiger partial charge on any atom is -0.459 e. The molecule has 1 aromatic carbocycles. The summed E-state index contributed by atoms with van der Waals surface area (Å²) in [5, 5.41) is 5.56. The Labute approximate surface area is 126 Å². The minimum absolute atomic E-state index is 0.270. The molecule has 3 heteroatoms. The van der Waals surface area contributed by atoms with Gasteiger partial charge in [-0.05, 0) is 38.6 Å². The normalized spacial score (nSPS) is 14.6. The van der Waals surface area contributed by atoms with E-state index in [2.05, 4.69) is 50.5 Å². The Bertz CT molecular complexity index is 549. The van der Waals surface area contributed by atoms with Gasteiger partial charge >= 0.3 is 0 Å². The average Bonchev–Trinajstić information content (AvgIpc) is 2.85. The summed E-state index contributed by atoms with van der Waals surface area (Å²) < 4.78 is 6.07. The van der Waals surface area contributed by atoms with Crippen LogP contribution in [0.5, 0.6) is 0 Å². The van der Waals surface area contributed by atoms with Gasteiger partial charge in [0, 0.05) is 16.2 Å². The lowest BCUT2D eigenvalue weighted by Gasteiger charge is -2.15. The van der Waals surface area contributed by atoms with E-state index in [1.807, 2.05) is 17.8 Å². The monoisotopic (exact) mass is 291 g/mol. The average molecular weight is 291 g/mol. The smallest absolute Gasteiger partial charge is 0.134 e. The van der Waals surface area contributed by atoms with Crippen LogP contribution in [0.2, 0.25) is 0 Å². The van der Waals surface area contributed by atoms with E-state index in [4.69, 9.17) is 4.42 Å². The second-order valence-corrected chi connectivity index (χ2v) is 6.58. The first-order chi connectivity index (χ1) is 9.67. The summed E-state index contributed by atoms with van der Waals surface area (Å²) in [7, 11) is 0. The van der Waals surface area contributed by atoms with Crippen LogP contribution in [0.3, 0.4) is 0 Å². The summed E-state index contributed by atoms with van der Waals surface area (Å²) in [5.41, 5.74) is 2.35. The quantitative estimate of drug-likeness (QED) is 0.794. The molecule has 110 valence electrons. The zero-order valence-electron chi connectivity index (χ0n) is 12.9. The Morgan fingerprint density at radius 2 is 2.00 bits per heavy atom. The zero-order chi connectivity index (χ0) is 14.5. The Kier molecular flexibility index (Phi) is 5.55. The second kappa shape index (κ2) is 7.19. The molecule has 2 unspecified atom stereocenters. The topological polar surface area (TPSA) is 25.2 Å². The van der Waals surface area contributed by atoms with Crippen LogP contribution in [0.25, 0.3) is 11.0 Å². The van der Waals surface area contributed by atoms with Crippen molar-refractivity contribution in [2.45, 2.75) is 44.9 Å². The van der Waals surface area contributed by atoms with Crippen molar-refractivity contribution in [2.75, 3.05) is 12.8 Å². The summed E-state index contributed by atoms with van der Waals surface area (Å²) in [6.07, 6.45) is 4.37. The minimum atomic E-state index is 0.270. The summed E-state index contributed by atoms with van der Waals surface area (Å²) in [6.45, 7) is 7.70. The molecule has 2 aromatic rings. The van der Waals surface area contributed by atoms with E-state index >= 15 is 0 Å². The number of para-hydroxylation sites is 1. The molecule has 0 radical (unpaired) electrons. The number of rotatable bonds is 7. The molecule has 2 atom stereocenters. The van der Waals surface area contributed by atoms with Crippen molar-refractivity contribution in [1.29, 1.82) is 0 Å². The van der Waals surface area contributed by atoms with E-state index < -0.39 is 0 Å². The fourth-order valence-electron chi connectivity index (χ4n) is 2.55. The van der Waals surface area contributed by atoms with Gasteiger partial charge in [0.05, 0.1) is 6.04 Å². The van der Waals surface area contributed by atoms with Gasteiger partial charge in [-0.25, -0.2) is 0 Å². The molecule has 20 heavy (non-hydrogen) atoms. The van der Waals surface area contributed by atoms with Gasteiger partial charge in [-0.1, -0.05) is 32.0 Å². The zero-order valence-corrected chi connectivity index (χ0v) is 13.7. The van der Waals surface area contributed by atoms with Gasteiger partial charge in [0.1, 0.15) is 11.3 Å². The van der Waals surface area contributed by atoms with Crippen molar-refractivity contribution in [2.24, 2.45) is 0 Å². The van der Waals surface area contributed by atoms with Gasteiger partial charge in [-0.3, -0.25) is 0 Å². The highest BCUT2D eigenvalue weighted by atomic mass is 32.2. The van der Waals surface area contributed by atoms with E-state index in [1.54, 1.807) is 0 Å². The predicted octanol–water partition coefficient (Wildman–Crippen LogP) is 4.79.